The van der Waals surface area contributed by atoms with E-state index in [9.17, 15) is 0 Å². The number of aromatic nitrogens is 2. The van der Waals surface area contributed by atoms with Crippen molar-refractivity contribution in [2.75, 3.05) is 6.54 Å². The van der Waals surface area contributed by atoms with Gasteiger partial charge in [-0.05, 0) is 24.6 Å². The Kier molecular flexibility index (Phi) is 3.10. The Bertz CT molecular complexity index is 613. The standard InChI is InChI=1S/C14H15N3O/c1-2-4-14-13(3-1)11(7-17-14)5-6-15-8-12-9-16-10-18-12/h1-4,7,9-10,15,17H,5-6,8H2. The van der Waals surface area contributed by atoms with E-state index in [-0.39, 0.29) is 0 Å². The predicted octanol–water partition coefficient (Wildman–Crippen LogP) is 2.49. The highest BCUT2D eigenvalue weighted by atomic mass is 16.3. The number of aromatic amines is 1. The number of hydrogen-bond acceptors (Lipinski definition) is 3. The van der Waals surface area contributed by atoms with Crippen LogP contribution in [0, 0.1) is 0 Å². The van der Waals surface area contributed by atoms with Crippen LogP contribution in [0.4, 0.5) is 0 Å². The molecule has 0 aliphatic rings. The minimum atomic E-state index is 0.725. The molecule has 0 fully saturated rings. The quantitative estimate of drug-likeness (QED) is 0.675. The van der Waals surface area contributed by atoms with Crippen molar-refractivity contribution in [3.8, 4) is 0 Å². The summed E-state index contributed by atoms with van der Waals surface area (Å²) >= 11 is 0. The van der Waals surface area contributed by atoms with Crippen LogP contribution in [0.3, 0.4) is 0 Å². The van der Waals surface area contributed by atoms with Crippen molar-refractivity contribution >= 4 is 10.9 Å². The SMILES string of the molecule is c1ccc2c(CCNCc3cnco3)c[nH]c2c1. The Morgan fingerprint density at radius 3 is 3.11 bits per heavy atom. The Labute approximate surface area is 105 Å². The lowest BCUT2D eigenvalue weighted by Crippen LogP contribution is -2.16. The molecule has 92 valence electrons. The van der Waals surface area contributed by atoms with Crippen LogP contribution in [-0.2, 0) is 13.0 Å². The second kappa shape index (κ2) is 5.06. The van der Waals surface area contributed by atoms with Crippen molar-refractivity contribution < 1.29 is 4.42 Å². The fraction of sp³-hybridized carbons (Fsp3) is 0.214. The Morgan fingerprint density at radius 2 is 2.22 bits per heavy atom. The molecule has 0 bridgehead atoms. The van der Waals surface area contributed by atoms with Crippen LogP contribution >= 0.6 is 0 Å². The molecular formula is C14H15N3O. The van der Waals surface area contributed by atoms with Crippen LogP contribution in [0.5, 0.6) is 0 Å². The fourth-order valence-electron chi connectivity index (χ4n) is 2.10. The summed E-state index contributed by atoms with van der Waals surface area (Å²) in [6.07, 6.45) is 6.27. The molecule has 0 spiro atoms. The van der Waals surface area contributed by atoms with E-state index in [1.807, 2.05) is 6.07 Å². The third-order valence-electron chi connectivity index (χ3n) is 3.03. The lowest BCUT2D eigenvalue weighted by Gasteiger charge is -2.01. The zero-order chi connectivity index (χ0) is 12.2. The molecular weight excluding hydrogens is 226 g/mol. The maximum absolute atomic E-state index is 5.16. The van der Waals surface area contributed by atoms with Gasteiger partial charge in [0.15, 0.2) is 6.39 Å². The second-order valence-corrected chi connectivity index (χ2v) is 4.25. The van der Waals surface area contributed by atoms with Crippen molar-refractivity contribution in [2.24, 2.45) is 0 Å². The van der Waals surface area contributed by atoms with Gasteiger partial charge >= 0.3 is 0 Å². The Balaban J connectivity index is 1.57. The van der Waals surface area contributed by atoms with Crippen LogP contribution in [0.1, 0.15) is 11.3 Å². The van der Waals surface area contributed by atoms with Crippen LogP contribution in [0.25, 0.3) is 10.9 Å². The molecule has 2 aromatic heterocycles. The predicted molar refractivity (Wildman–Crippen MR) is 70.2 cm³/mol. The van der Waals surface area contributed by atoms with Gasteiger partial charge in [-0.25, -0.2) is 4.98 Å². The molecule has 3 aromatic rings. The molecule has 0 saturated carbocycles. The summed E-state index contributed by atoms with van der Waals surface area (Å²) in [6, 6.07) is 8.37. The molecule has 2 N–H and O–H groups in total. The van der Waals surface area contributed by atoms with E-state index in [2.05, 4.69) is 39.7 Å². The smallest absolute Gasteiger partial charge is 0.180 e. The maximum Gasteiger partial charge on any atom is 0.180 e. The minimum Gasteiger partial charge on any atom is -0.447 e. The van der Waals surface area contributed by atoms with Crippen molar-refractivity contribution in [1.82, 2.24) is 15.3 Å². The molecule has 0 aliphatic carbocycles. The molecule has 0 amide bonds. The number of nitrogens with one attached hydrogen (secondary N) is 2. The van der Waals surface area contributed by atoms with Gasteiger partial charge in [-0.3, -0.25) is 0 Å². The Hall–Kier alpha value is -2.07. The van der Waals surface area contributed by atoms with Crippen molar-refractivity contribution in [3.63, 3.8) is 0 Å². The van der Waals surface area contributed by atoms with Crippen LogP contribution < -0.4 is 5.32 Å². The average molecular weight is 241 g/mol. The first-order chi connectivity index (χ1) is 8.93. The summed E-state index contributed by atoms with van der Waals surface area (Å²) < 4.78 is 5.16. The molecule has 4 heteroatoms. The number of nitrogens with zero attached hydrogens (tertiary/aromatic N) is 1. The molecule has 0 radical (unpaired) electrons. The summed E-state index contributed by atoms with van der Waals surface area (Å²) in [7, 11) is 0. The summed E-state index contributed by atoms with van der Waals surface area (Å²) in [5.74, 6) is 0.869. The van der Waals surface area contributed by atoms with E-state index < -0.39 is 0 Å². The van der Waals surface area contributed by atoms with Crippen molar-refractivity contribution in [1.29, 1.82) is 0 Å². The van der Waals surface area contributed by atoms with Gasteiger partial charge in [-0.1, -0.05) is 18.2 Å². The van der Waals surface area contributed by atoms with Gasteiger partial charge in [0.1, 0.15) is 5.76 Å². The summed E-state index contributed by atoms with van der Waals surface area (Å²) in [6.45, 7) is 1.64. The largest absolute Gasteiger partial charge is 0.447 e. The van der Waals surface area contributed by atoms with E-state index in [0.717, 1.165) is 25.3 Å². The minimum absolute atomic E-state index is 0.725. The van der Waals surface area contributed by atoms with E-state index in [4.69, 9.17) is 4.42 Å². The van der Waals surface area contributed by atoms with Crippen molar-refractivity contribution in [2.45, 2.75) is 13.0 Å². The van der Waals surface area contributed by atoms with Gasteiger partial charge in [-0.2, -0.15) is 0 Å². The molecule has 0 aliphatic heterocycles. The van der Waals surface area contributed by atoms with Crippen LogP contribution in [-0.4, -0.2) is 16.5 Å². The number of fused-ring (bicyclic) bond motifs is 1. The molecule has 3 rings (SSSR count). The highest BCUT2D eigenvalue weighted by Crippen LogP contribution is 2.17. The molecule has 2 heterocycles. The number of rotatable bonds is 5. The number of benzene rings is 1. The van der Waals surface area contributed by atoms with Gasteiger partial charge in [-0.15, -0.1) is 0 Å². The second-order valence-electron chi connectivity index (χ2n) is 4.25. The third kappa shape index (κ3) is 2.28. The first-order valence-corrected chi connectivity index (χ1v) is 6.06. The number of para-hydroxylation sites is 1. The van der Waals surface area contributed by atoms with E-state index in [0.29, 0.717) is 0 Å². The zero-order valence-electron chi connectivity index (χ0n) is 10.0. The van der Waals surface area contributed by atoms with E-state index in [1.54, 1.807) is 6.20 Å². The van der Waals surface area contributed by atoms with Gasteiger partial charge in [0, 0.05) is 17.1 Å². The highest BCUT2D eigenvalue weighted by molar-refractivity contribution is 5.83. The van der Waals surface area contributed by atoms with Gasteiger partial charge in [0.25, 0.3) is 0 Å². The van der Waals surface area contributed by atoms with Crippen LogP contribution in [0.2, 0.25) is 0 Å². The van der Waals surface area contributed by atoms with Gasteiger partial charge in [0.05, 0.1) is 12.7 Å². The molecule has 1 aromatic carbocycles. The van der Waals surface area contributed by atoms with E-state index >= 15 is 0 Å². The first kappa shape index (κ1) is 11.0. The summed E-state index contributed by atoms with van der Waals surface area (Å²) in [4.78, 5) is 7.17. The fourth-order valence-corrected chi connectivity index (χ4v) is 2.10. The maximum atomic E-state index is 5.16. The van der Waals surface area contributed by atoms with Gasteiger partial charge < -0.3 is 14.7 Å². The first-order valence-electron chi connectivity index (χ1n) is 6.06. The lowest BCUT2D eigenvalue weighted by molar-refractivity contribution is 0.480. The topological polar surface area (TPSA) is 53.9 Å². The third-order valence-corrected chi connectivity index (χ3v) is 3.03. The zero-order valence-corrected chi connectivity index (χ0v) is 10.0. The highest BCUT2D eigenvalue weighted by Gasteiger charge is 2.02. The normalized spacial score (nSPS) is 11.1. The number of H-pyrrole nitrogens is 1. The Morgan fingerprint density at radius 1 is 1.28 bits per heavy atom. The molecule has 0 atom stereocenters. The number of hydrogen-bond donors (Lipinski definition) is 2. The number of oxazole rings is 1. The van der Waals surface area contributed by atoms with Gasteiger partial charge in [0.2, 0.25) is 0 Å². The molecule has 18 heavy (non-hydrogen) atoms. The van der Waals surface area contributed by atoms with E-state index in [1.165, 1.54) is 22.9 Å². The molecule has 4 nitrogen and oxygen atoms in total. The van der Waals surface area contributed by atoms with Crippen molar-refractivity contribution in [3.05, 3.63) is 54.4 Å². The van der Waals surface area contributed by atoms with Crippen LogP contribution in [0.15, 0.2) is 47.5 Å². The average Bonchev–Trinajstić information content (AvgIpc) is 3.04. The molecule has 0 unspecified atom stereocenters. The molecule has 0 saturated heterocycles. The lowest BCUT2D eigenvalue weighted by atomic mass is 10.1. The summed E-state index contributed by atoms with van der Waals surface area (Å²) in [5, 5.41) is 4.65. The summed E-state index contributed by atoms with van der Waals surface area (Å²) in [5.41, 5.74) is 2.54. The monoisotopic (exact) mass is 241 g/mol.